The van der Waals surface area contributed by atoms with Gasteiger partial charge in [-0.15, -0.1) is 0 Å². The number of ether oxygens (including phenoxy) is 1. The summed E-state index contributed by atoms with van der Waals surface area (Å²) in [5.74, 6) is 0.864. The number of benzene rings is 3. The van der Waals surface area contributed by atoms with E-state index in [0.717, 1.165) is 29.8 Å². The van der Waals surface area contributed by atoms with Crippen molar-refractivity contribution in [3.63, 3.8) is 0 Å². The molecule has 0 fully saturated rings. The number of rotatable bonds is 2. The molecule has 0 saturated heterocycles. The van der Waals surface area contributed by atoms with Crippen molar-refractivity contribution < 1.29 is 4.74 Å². The van der Waals surface area contributed by atoms with Crippen LogP contribution in [0.5, 0.6) is 5.75 Å². The highest BCUT2D eigenvalue weighted by atomic mass is 16.5. The number of nitrogens with zero attached hydrogens (tertiary/aromatic N) is 2. The molecule has 2 aliphatic heterocycles. The van der Waals surface area contributed by atoms with Crippen LogP contribution in [0.15, 0.2) is 65.7 Å². The fraction of sp³-hybridized carbons (Fsp3) is 0.370. The molecule has 2 heterocycles. The van der Waals surface area contributed by atoms with Crippen LogP contribution in [-0.4, -0.2) is 18.5 Å². The van der Waals surface area contributed by atoms with Crippen LogP contribution in [0.25, 0.3) is 10.8 Å². The molecule has 3 nitrogen and oxygen atoms in total. The van der Waals surface area contributed by atoms with Crippen LogP contribution in [0, 0.1) is 5.41 Å². The Labute approximate surface area is 179 Å². The Hall–Kier alpha value is -2.81. The zero-order valence-electron chi connectivity index (χ0n) is 18.6. The summed E-state index contributed by atoms with van der Waals surface area (Å²) in [6.07, 6.45) is 3.04. The molecule has 30 heavy (non-hydrogen) atoms. The molecule has 3 aromatic carbocycles. The normalized spacial score (nSPS) is 24.8. The molecule has 0 radical (unpaired) electrons. The molecular weight excluding hydrogens is 368 g/mol. The van der Waals surface area contributed by atoms with E-state index < -0.39 is 5.72 Å². The third-order valence-corrected chi connectivity index (χ3v) is 6.82. The van der Waals surface area contributed by atoms with Gasteiger partial charge >= 0.3 is 0 Å². The van der Waals surface area contributed by atoms with Crippen LogP contribution in [0.1, 0.15) is 46.6 Å². The van der Waals surface area contributed by atoms with Gasteiger partial charge in [0.05, 0.1) is 11.6 Å². The van der Waals surface area contributed by atoms with Crippen molar-refractivity contribution in [3.8, 4) is 5.75 Å². The van der Waals surface area contributed by atoms with Gasteiger partial charge in [0.25, 0.3) is 0 Å². The summed E-state index contributed by atoms with van der Waals surface area (Å²) in [5, 5.41) is 2.32. The first-order valence-corrected chi connectivity index (χ1v) is 10.9. The van der Waals surface area contributed by atoms with E-state index in [4.69, 9.17) is 9.73 Å². The SMILES string of the molecule is CCC1(C)c2ccccc2N(CC(C)(C)C)C12C=Nc1c(ccc3ccccc13)O2. The summed E-state index contributed by atoms with van der Waals surface area (Å²) in [5.41, 5.74) is 2.79. The van der Waals surface area contributed by atoms with Gasteiger partial charge in [0.15, 0.2) is 0 Å². The lowest BCUT2D eigenvalue weighted by Crippen LogP contribution is -2.64. The van der Waals surface area contributed by atoms with E-state index in [2.05, 4.69) is 106 Å². The van der Waals surface area contributed by atoms with E-state index in [-0.39, 0.29) is 10.8 Å². The zero-order chi connectivity index (χ0) is 21.1. The minimum absolute atomic E-state index is 0.111. The summed E-state index contributed by atoms with van der Waals surface area (Å²) in [7, 11) is 0. The predicted octanol–water partition coefficient (Wildman–Crippen LogP) is 6.86. The lowest BCUT2D eigenvalue weighted by Gasteiger charge is -2.49. The van der Waals surface area contributed by atoms with E-state index in [9.17, 15) is 0 Å². The van der Waals surface area contributed by atoms with Crippen molar-refractivity contribution >= 4 is 28.4 Å². The molecule has 2 unspecified atom stereocenters. The van der Waals surface area contributed by atoms with Crippen molar-refractivity contribution in [1.82, 2.24) is 0 Å². The first kappa shape index (κ1) is 19.2. The number of fused-ring (bicyclic) bond motifs is 4. The first-order valence-electron chi connectivity index (χ1n) is 10.9. The van der Waals surface area contributed by atoms with E-state index >= 15 is 0 Å². The highest BCUT2D eigenvalue weighted by molar-refractivity contribution is 5.99. The van der Waals surface area contributed by atoms with Crippen LogP contribution in [0.2, 0.25) is 0 Å². The Morgan fingerprint density at radius 2 is 1.70 bits per heavy atom. The quantitative estimate of drug-likeness (QED) is 0.471. The molecule has 0 N–H and O–H groups in total. The fourth-order valence-electron chi connectivity index (χ4n) is 5.14. The van der Waals surface area contributed by atoms with Crippen molar-refractivity contribution in [1.29, 1.82) is 0 Å². The van der Waals surface area contributed by atoms with E-state index in [1.54, 1.807) is 0 Å². The third kappa shape index (κ3) is 2.54. The molecular formula is C27H30N2O. The monoisotopic (exact) mass is 398 g/mol. The number of para-hydroxylation sites is 1. The van der Waals surface area contributed by atoms with Gasteiger partial charge in [-0.05, 0) is 41.8 Å². The third-order valence-electron chi connectivity index (χ3n) is 6.82. The average Bonchev–Trinajstić information content (AvgIpc) is 2.93. The van der Waals surface area contributed by atoms with Gasteiger partial charge < -0.3 is 9.64 Å². The first-order chi connectivity index (χ1) is 14.3. The molecule has 0 aliphatic carbocycles. The second-order valence-corrected chi connectivity index (χ2v) is 10.0. The summed E-state index contributed by atoms with van der Waals surface area (Å²) < 4.78 is 7.01. The lowest BCUT2D eigenvalue weighted by molar-refractivity contribution is 0.0604. The van der Waals surface area contributed by atoms with Gasteiger partial charge in [-0.3, -0.25) is 4.99 Å². The Morgan fingerprint density at radius 1 is 0.967 bits per heavy atom. The highest BCUT2D eigenvalue weighted by Crippen LogP contribution is 2.56. The predicted molar refractivity (Wildman–Crippen MR) is 126 cm³/mol. The van der Waals surface area contributed by atoms with Gasteiger partial charge in [0, 0.05) is 17.6 Å². The van der Waals surface area contributed by atoms with Crippen molar-refractivity contribution in [2.75, 3.05) is 11.4 Å². The Kier molecular flexibility index (Phi) is 4.05. The van der Waals surface area contributed by atoms with Crippen molar-refractivity contribution in [2.24, 2.45) is 10.4 Å². The standard InChI is InChI=1S/C27H30N2O/c1-6-26(5)21-13-9-10-14-22(21)29(18-25(2,3)4)27(26)17-28-24-20-12-8-7-11-19(20)15-16-23(24)30-27/h7-17H,6,18H2,1-5H3. The minimum atomic E-state index is -0.645. The van der Waals surface area contributed by atoms with Gasteiger partial charge in [-0.2, -0.15) is 0 Å². The molecule has 0 saturated carbocycles. The molecule has 2 atom stereocenters. The molecule has 3 heteroatoms. The van der Waals surface area contributed by atoms with E-state index in [0.29, 0.717) is 0 Å². The van der Waals surface area contributed by atoms with Gasteiger partial charge in [0.1, 0.15) is 11.4 Å². The molecule has 2 aliphatic rings. The number of aliphatic imine (C=N–C) groups is 1. The second kappa shape index (κ2) is 6.34. The Balaban J connectivity index is 1.74. The number of hydrogen-bond donors (Lipinski definition) is 0. The van der Waals surface area contributed by atoms with Gasteiger partial charge in [-0.25, -0.2) is 0 Å². The highest BCUT2D eigenvalue weighted by Gasteiger charge is 2.61. The molecule has 1 spiro atoms. The molecule has 3 aromatic rings. The van der Waals surface area contributed by atoms with Crippen molar-refractivity contribution in [2.45, 2.75) is 52.2 Å². The molecule has 0 aromatic heterocycles. The molecule has 5 rings (SSSR count). The van der Waals surface area contributed by atoms with Crippen LogP contribution in [-0.2, 0) is 5.41 Å². The van der Waals surface area contributed by atoms with E-state index in [1.165, 1.54) is 16.6 Å². The average molecular weight is 399 g/mol. The summed E-state index contributed by atoms with van der Waals surface area (Å²) in [6, 6.07) is 21.4. The van der Waals surface area contributed by atoms with Crippen LogP contribution in [0.4, 0.5) is 11.4 Å². The lowest BCUT2D eigenvalue weighted by atomic mass is 9.73. The maximum absolute atomic E-state index is 7.01. The number of hydrogen-bond acceptors (Lipinski definition) is 3. The molecule has 0 bridgehead atoms. The van der Waals surface area contributed by atoms with Crippen molar-refractivity contribution in [3.05, 3.63) is 66.2 Å². The van der Waals surface area contributed by atoms with E-state index in [1.807, 2.05) is 0 Å². The minimum Gasteiger partial charge on any atom is -0.459 e. The van der Waals surface area contributed by atoms with Crippen LogP contribution in [0.3, 0.4) is 0 Å². The maximum atomic E-state index is 7.01. The molecule has 154 valence electrons. The Bertz CT molecular complexity index is 1160. The summed E-state index contributed by atoms with van der Waals surface area (Å²) in [6.45, 7) is 12.3. The molecule has 0 amide bonds. The Morgan fingerprint density at radius 3 is 2.47 bits per heavy atom. The van der Waals surface area contributed by atoms with Gasteiger partial charge in [-0.1, -0.05) is 76.2 Å². The largest absolute Gasteiger partial charge is 0.459 e. The number of anilines is 1. The maximum Gasteiger partial charge on any atom is 0.229 e. The van der Waals surface area contributed by atoms with Gasteiger partial charge in [0.2, 0.25) is 5.72 Å². The zero-order valence-corrected chi connectivity index (χ0v) is 18.6. The summed E-state index contributed by atoms with van der Waals surface area (Å²) >= 11 is 0. The second-order valence-electron chi connectivity index (χ2n) is 10.0. The smallest absolute Gasteiger partial charge is 0.229 e. The topological polar surface area (TPSA) is 24.8 Å². The summed E-state index contributed by atoms with van der Waals surface area (Å²) in [4.78, 5) is 7.52. The van der Waals surface area contributed by atoms with Crippen LogP contribution >= 0.6 is 0 Å². The van der Waals surface area contributed by atoms with Crippen LogP contribution < -0.4 is 9.64 Å². The fourth-order valence-corrected chi connectivity index (χ4v) is 5.14.